The second-order valence-corrected chi connectivity index (χ2v) is 7.60. The molecule has 1 saturated heterocycles. The number of hydrogen-bond donors (Lipinski definition) is 3. The molecule has 0 aromatic heterocycles. The summed E-state index contributed by atoms with van der Waals surface area (Å²) in [5.74, 6) is 2.25. The Balaban J connectivity index is 1.53. The number of hydrogen-bond acceptors (Lipinski definition) is 3. The van der Waals surface area contributed by atoms with Crippen LogP contribution in [0.4, 0.5) is 0 Å². The van der Waals surface area contributed by atoms with Gasteiger partial charge in [-0.25, -0.2) is 0 Å². The van der Waals surface area contributed by atoms with Crippen LogP contribution in [0, 0.1) is 23.7 Å². The molecule has 2 saturated carbocycles. The third kappa shape index (κ3) is 3.42. The van der Waals surface area contributed by atoms with Crippen LogP contribution >= 0.6 is 0 Å². The molecule has 4 unspecified atom stereocenters. The van der Waals surface area contributed by atoms with E-state index in [4.69, 9.17) is 5.73 Å². The Hall–Kier alpha value is -0.610. The second-order valence-electron chi connectivity index (χ2n) is 7.60. The van der Waals surface area contributed by atoms with Crippen molar-refractivity contribution in [2.75, 3.05) is 13.1 Å². The SMILES string of the molecule is CC(NC(=O)C1CC2CCCC(C1)C2N)C1CCCNC1. The molecule has 4 heteroatoms. The minimum Gasteiger partial charge on any atom is -0.353 e. The van der Waals surface area contributed by atoms with E-state index in [1.807, 2.05) is 0 Å². The van der Waals surface area contributed by atoms with Crippen LogP contribution in [0.15, 0.2) is 0 Å². The molecule has 0 radical (unpaired) electrons. The van der Waals surface area contributed by atoms with Crippen molar-refractivity contribution in [3.8, 4) is 0 Å². The van der Waals surface area contributed by atoms with Crippen molar-refractivity contribution in [3.63, 3.8) is 0 Å². The molecule has 4 N–H and O–H groups in total. The molecule has 4 nitrogen and oxygen atoms in total. The Morgan fingerprint density at radius 2 is 1.90 bits per heavy atom. The summed E-state index contributed by atoms with van der Waals surface area (Å²) in [6, 6.07) is 0.642. The number of amides is 1. The summed E-state index contributed by atoms with van der Waals surface area (Å²) in [4.78, 5) is 12.6. The molecule has 0 aromatic carbocycles. The highest BCUT2D eigenvalue weighted by Gasteiger charge is 2.40. The van der Waals surface area contributed by atoms with Crippen molar-refractivity contribution in [3.05, 3.63) is 0 Å². The van der Waals surface area contributed by atoms with Gasteiger partial charge in [0.05, 0.1) is 0 Å². The van der Waals surface area contributed by atoms with E-state index >= 15 is 0 Å². The first kappa shape index (κ1) is 15.3. The summed E-state index contributed by atoms with van der Waals surface area (Å²) < 4.78 is 0. The van der Waals surface area contributed by atoms with E-state index < -0.39 is 0 Å². The Morgan fingerprint density at radius 3 is 2.52 bits per heavy atom. The van der Waals surface area contributed by atoms with Gasteiger partial charge in [0.2, 0.25) is 5.91 Å². The monoisotopic (exact) mass is 293 g/mol. The van der Waals surface area contributed by atoms with E-state index in [1.54, 1.807) is 0 Å². The van der Waals surface area contributed by atoms with Crippen molar-refractivity contribution >= 4 is 5.91 Å². The van der Waals surface area contributed by atoms with Crippen molar-refractivity contribution in [2.24, 2.45) is 29.4 Å². The van der Waals surface area contributed by atoms with Crippen LogP contribution in [0.5, 0.6) is 0 Å². The lowest BCUT2D eigenvalue weighted by Crippen LogP contribution is -2.51. The van der Waals surface area contributed by atoms with Crippen LogP contribution in [0.1, 0.15) is 51.9 Å². The number of rotatable bonds is 3. The molecule has 3 rings (SSSR count). The summed E-state index contributed by atoms with van der Waals surface area (Å²) in [6.45, 7) is 4.34. The second kappa shape index (κ2) is 6.66. The first-order valence-corrected chi connectivity index (χ1v) is 8.92. The molecule has 21 heavy (non-hydrogen) atoms. The van der Waals surface area contributed by atoms with Crippen LogP contribution < -0.4 is 16.4 Å². The first-order valence-electron chi connectivity index (χ1n) is 8.92. The highest BCUT2D eigenvalue weighted by atomic mass is 16.1. The lowest BCUT2D eigenvalue weighted by molar-refractivity contribution is -0.128. The third-order valence-corrected chi connectivity index (χ3v) is 6.20. The largest absolute Gasteiger partial charge is 0.353 e. The number of piperidine rings is 1. The fourth-order valence-electron chi connectivity index (χ4n) is 4.77. The van der Waals surface area contributed by atoms with Gasteiger partial charge in [-0.2, -0.15) is 0 Å². The van der Waals surface area contributed by atoms with E-state index in [1.165, 1.54) is 32.1 Å². The first-order chi connectivity index (χ1) is 10.1. The number of fused-ring (bicyclic) bond motifs is 2. The Morgan fingerprint density at radius 1 is 1.19 bits per heavy atom. The van der Waals surface area contributed by atoms with Gasteiger partial charge >= 0.3 is 0 Å². The van der Waals surface area contributed by atoms with Gasteiger partial charge < -0.3 is 16.4 Å². The maximum Gasteiger partial charge on any atom is 0.223 e. The molecular weight excluding hydrogens is 262 g/mol. The van der Waals surface area contributed by atoms with Gasteiger partial charge in [-0.15, -0.1) is 0 Å². The van der Waals surface area contributed by atoms with Gasteiger partial charge in [-0.05, 0) is 76.3 Å². The molecule has 120 valence electrons. The van der Waals surface area contributed by atoms with Gasteiger partial charge in [-0.3, -0.25) is 4.79 Å². The maximum absolute atomic E-state index is 12.6. The quantitative estimate of drug-likeness (QED) is 0.741. The molecule has 0 spiro atoms. The van der Waals surface area contributed by atoms with E-state index in [2.05, 4.69) is 17.6 Å². The van der Waals surface area contributed by atoms with Gasteiger partial charge in [0.15, 0.2) is 0 Å². The highest BCUT2D eigenvalue weighted by molar-refractivity contribution is 5.79. The normalized spacial score (nSPS) is 41.3. The lowest BCUT2D eigenvalue weighted by atomic mass is 9.65. The smallest absolute Gasteiger partial charge is 0.223 e. The maximum atomic E-state index is 12.6. The van der Waals surface area contributed by atoms with Gasteiger partial charge in [0.25, 0.3) is 0 Å². The number of carbonyl (C=O) groups is 1. The highest BCUT2D eigenvalue weighted by Crippen LogP contribution is 2.41. The molecule has 4 atom stereocenters. The van der Waals surface area contributed by atoms with Crippen molar-refractivity contribution < 1.29 is 4.79 Å². The van der Waals surface area contributed by atoms with Crippen molar-refractivity contribution in [1.29, 1.82) is 0 Å². The number of carbonyl (C=O) groups excluding carboxylic acids is 1. The summed E-state index contributed by atoms with van der Waals surface area (Å²) in [6.07, 6.45) is 8.25. The van der Waals surface area contributed by atoms with Gasteiger partial charge in [0, 0.05) is 18.0 Å². The van der Waals surface area contributed by atoms with Crippen LogP contribution in [-0.2, 0) is 4.79 Å². The number of nitrogens with one attached hydrogen (secondary N) is 2. The third-order valence-electron chi connectivity index (χ3n) is 6.20. The van der Waals surface area contributed by atoms with E-state index in [0.29, 0.717) is 29.8 Å². The predicted molar refractivity (Wildman–Crippen MR) is 84.7 cm³/mol. The fraction of sp³-hybridized carbons (Fsp3) is 0.941. The summed E-state index contributed by atoms with van der Waals surface area (Å²) >= 11 is 0. The van der Waals surface area contributed by atoms with Crippen LogP contribution in [0.3, 0.4) is 0 Å². The van der Waals surface area contributed by atoms with Crippen LogP contribution in [0.2, 0.25) is 0 Å². The van der Waals surface area contributed by atoms with Crippen molar-refractivity contribution in [2.45, 2.75) is 64.0 Å². The molecule has 3 aliphatic rings. The van der Waals surface area contributed by atoms with Crippen LogP contribution in [0.25, 0.3) is 0 Å². The van der Waals surface area contributed by atoms with E-state index in [9.17, 15) is 4.79 Å². The van der Waals surface area contributed by atoms with Gasteiger partial charge in [0.1, 0.15) is 0 Å². The molecule has 1 amide bonds. The molecule has 1 aliphatic heterocycles. The zero-order chi connectivity index (χ0) is 14.8. The molecule has 1 heterocycles. The van der Waals surface area contributed by atoms with Crippen LogP contribution in [-0.4, -0.2) is 31.1 Å². The Labute approximate surface area is 128 Å². The zero-order valence-electron chi connectivity index (χ0n) is 13.3. The summed E-state index contributed by atoms with van der Waals surface area (Å²) in [7, 11) is 0. The minimum absolute atomic E-state index is 0.207. The van der Waals surface area contributed by atoms with E-state index in [0.717, 1.165) is 25.9 Å². The standard InChI is InChI=1S/C17H31N3O/c1-11(14-6-3-7-19-10-14)20-17(21)15-8-12-4-2-5-13(9-15)16(12)18/h11-16,19H,2-10,18H2,1H3,(H,20,21). The topological polar surface area (TPSA) is 67.2 Å². The molecule has 2 bridgehead atoms. The molecule has 3 fully saturated rings. The fourth-order valence-corrected chi connectivity index (χ4v) is 4.77. The molecule has 2 aliphatic carbocycles. The van der Waals surface area contributed by atoms with Gasteiger partial charge in [-0.1, -0.05) is 6.42 Å². The molecule has 0 aromatic rings. The van der Waals surface area contributed by atoms with E-state index in [-0.39, 0.29) is 11.8 Å². The number of nitrogens with two attached hydrogens (primary N) is 1. The predicted octanol–water partition coefficient (Wildman–Crippen LogP) is 1.64. The Bertz CT molecular complexity index is 353. The summed E-state index contributed by atoms with van der Waals surface area (Å²) in [5.41, 5.74) is 6.32. The minimum atomic E-state index is 0.207. The summed E-state index contributed by atoms with van der Waals surface area (Å²) in [5, 5.41) is 6.74. The van der Waals surface area contributed by atoms with Crippen molar-refractivity contribution in [1.82, 2.24) is 10.6 Å². The average Bonchev–Trinajstić information content (AvgIpc) is 2.47. The zero-order valence-corrected chi connectivity index (χ0v) is 13.3. The average molecular weight is 293 g/mol. The Kier molecular flexibility index (Phi) is 4.85. The lowest BCUT2D eigenvalue weighted by Gasteiger charge is -2.44. The molecular formula is C17H31N3O.